The fourth-order valence-corrected chi connectivity index (χ4v) is 6.73. The summed E-state index contributed by atoms with van der Waals surface area (Å²) in [6.45, 7) is 1.64. The molecule has 0 radical (unpaired) electrons. The molecule has 0 N–H and O–H groups in total. The molecule has 1 unspecified atom stereocenters. The second kappa shape index (κ2) is 7.53. The molecule has 0 amide bonds. The molecule has 1 heterocycles. The summed E-state index contributed by atoms with van der Waals surface area (Å²) in [4.78, 5) is 11.8. The number of carbonyl (C=O) groups excluding carboxylic acids is 1. The molecule has 0 aliphatic carbocycles. The van der Waals surface area contributed by atoms with Crippen LogP contribution in [0.3, 0.4) is 0 Å². The van der Waals surface area contributed by atoms with Crippen molar-refractivity contribution in [2.24, 2.45) is 0 Å². The molecule has 144 valence electrons. The van der Waals surface area contributed by atoms with E-state index in [4.69, 9.17) is 0 Å². The highest BCUT2D eigenvalue weighted by atomic mass is 32.2. The van der Waals surface area contributed by atoms with Crippen LogP contribution in [0.4, 0.5) is 0 Å². The van der Waals surface area contributed by atoms with Crippen molar-refractivity contribution in [3.63, 3.8) is 0 Å². The topological polar surface area (TPSA) is 88.6 Å². The predicted molar refractivity (Wildman–Crippen MR) is 102 cm³/mol. The second-order valence-corrected chi connectivity index (χ2v) is 10.5. The summed E-state index contributed by atoms with van der Waals surface area (Å²) in [5.74, 6) is -0.487. The first-order valence-corrected chi connectivity index (χ1v) is 11.7. The molecule has 1 fully saturated rings. The van der Waals surface area contributed by atoms with Crippen LogP contribution in [-0.2, 0) is 19.9 Å². The highest BCUT2D eigenvalue weighted by Gasteiger charge is 2.38. The van der Waals surface area contributed by atoms with E-state index in [0.29, 0.717) is 18.4 Å². The fraction of sp³-hybridized carbons (Fsp3) is 0.316. The van der Waals surface area contributed by atoms with Crippen LogP contribution in [-0.4, -0.2) is 45.3 Å². The minimum Gasteiger partial charge on any atom is -0.295 e. The van der Waals surface area contributed by atoms with Gasteiger partial charge in [-0.2, -0.15) is 4.31 Å². The number of Topliss-reactive ketones (excluding diaryl/α,β-unsaturated/α-hetero) is 1. The Labute approximate surface area is 159 Å². The van der Waals surface area contributed by atoms with Gasteiger partial charge in [0, 0.05) is 18.2 Å². The summed E-state index contributed by atoms with van der Waals surface area (Å²) in [7, 11) is -7.48. The van der Waals surface area contributed by atoms with Crippen molar-refractivity contribution in [2.45, 2.75) is 35.6 Å². The molecule has 3 rings (SSSR count). The third-order valence-electron chi connectivity index (χ3n) is 4.68. The molecule has 6 nitrogen and oxygen atoms in total. The predicted octanol–water partition coefficient (Wildman–Crippen LogP) is 2.52. The molecule has 0 saturated carbocycles. The van der Waals surface area contributed by atoms with Gasteiger partial charge in [0.15, 0.2) is 15.6 Å². The Hall–Kier alpha value is -2.03. The molecule has 0 spiro atoms. The summed E-state index contributed by atoms with van der Waals surface area (Å²) < 4.78 is 52.7. The van der Waals surface area contributed by atoms with E-state index in [-0.39, 0.29) is 27.9 Å². The van der Waals surface area contributed by atoms with Gasteiger partial charge in [-0.25, -0.2) is 16.8 Å². The van der Waals surface area contributed by atoms with Crippen LogP contribution < -0.4 is 0 Å². The number of rotatable bonds is 6. The summed E-state index contributed by atoms with van der Waals surface area (Å²) in [6.07, 6.45) is 1.08. The Morgan fingerprint density at radius 2 is 1.67 bits per heavy atom. The van der Waals surface area contributed by atoms with Gasteiger partial charge in [-0.3, -0.25) is 4.79 Å². The van der Waals surface area contributed by atoms with Crippen LogP contribution in [0.15, 0.2) is 64.4 Å². The third kappa shape index (κ3) is 4.12. The summed E-state index contributed by atoms with van der Waals surface area (Å²) in [5, 5.41) is 0. The molecule has 0 aromatic heterocycles. The first kappa shape index (κ1) is 19.7. The van der Waals surface area contributed by atoms with Crippen LogP contribution in [0.5, 0.6) is 0 Å². The molecular formula is C19H21NO5S2. The molecule has 1 atom stereocenters. The zero-order valence-electron chi connectivity index (χ0n) is 14.9. The number of hydrogen-bond acceptors (Lipinski definition) is 5. The van der Waals surface area contributed by atoms with E-state index in [1.54, 1.807) is 24.3 Å². The lowest BCUT2D eigenvalue weighted by molar-refractivity contribution is 0.101. The van der Waals surface area contributed by atoms with E-state index in [1.807, 2.05) is 0 Å². The van der Waals surface area contributed by atoms with Gasteiger partial charge in [0.05, 0.1) is 15.5 Å². The van der Waals surface area contributed by atoms with Crippen LogP contribution >= 0.6 is 0 Å². The summed E-state index contributed by atoms with van der Waals surface area (Å²) in [6, 6.07) is 13.3. The molecule has 1 saturated heterocycles. The zero-order valence-corrected chi connectivity index (χ0v) is 16.5. The molecule has 2 aromatic carbocycles. The van der Waals surface area contributed by atoms with Gasteiger partial charge in [-0.05, 0) is 44.0 Å². The Balaban J connectivity index is 1.90. The highest BCUT2D eigenvalue weighted by molar-refractivity contribution is 7.91. The number of ketones is 1. The van der Waals surface area contributed by atoms with E-state index in [2.05, 4.69) is 0 Å². The SMILES string of the molecule is CC(=O)c1cccc(S(=O)(=O)N2CCCC2CS(=O)(=O)c2ccccc2)c1. The van der Waals surface area contributed by atoms with Gasteiger partial charge in [0.2, 0.25) is 10.0 Å². The minimum absolute atomic E-state index is 0.0132. The van der Waals surface area contributed by atoms with Gasteiger partial charge in [-0.15, -0.1) is 0 Å². The van der Waals surface area contributed by atoms with E-state index >= 15 is 0 Å². The van der Waals surface area contributed by atoms with Gasteiger partial charge >= 0.3 is 0 Å². The number of nitrogens with zero attached hydrogens (tertiary/aromatic N) is 1. The minimum atomic E-state index is -3.88. The van der Waals surface area contributed by atoms with Crippen LogP contribution in [0, 0.1) is 0 Å². The number of carbonyl (C=O) groups is 1. The van der Waals surface area contributed by atoms with E-state index in [1.165, 1.54) is 41.6 Å². The maximum absolute atomic E-state index is 13.1. The number of benzene rings is 2. The van der Waals surface area contributed by atoms with Crippen molar-refractivity contribution in [1.82, 2.24) is 4.31 Å². The molecule has 0 bridgehead atoms. The monoisotopic (exact) mass is 407 g/mol. The lowest BCUT2D eigenvalue weighted by Gasteiger charge is -2.24. The Bertz CT molecular complexity index is 1050. The average Bonchev–Trinajstić information content (AvgIpc) is 3.11. The van der Waals surface area contributed by atoms with E-state index in [9.17, 15) is 21.6 Å². The fourth-order valence-electron chi connectivity index (χ4n) is 3.28. The zero-order chi connectivity index (χ0) is 19.7. The first-order chi connectivity index (χ1) is 12.7. The van der Waals surface area contributed by atoms with Gasteiger partial charge < -0.3 is 0 Å². The number of sulfonamides is 1. The van der Waals surface area contributed by atoms with Crippen LogP contribution in [0.25, 0.3) is 0 Å². The molecule has 8 heteroatoms. The lowest BCUT2D eigenvalue weighted by atomic mass is 10.2. The standard InChI is InChI=1S/C19H21NO5S2/c1-15(21)16-7-5-11-19(13-16)27(24,25)20-12-6-8-17(20)14-26(22,23)18-9-3-2-4-10-18/h2-5,7,9-11,13,17H,6,8,12,14H2,1H3. The normalized spacial score (nSPS) is 18.5. The quantitative estimate of drug-likeness (QED) is 0.687. The van der Waals surface area contributed by atoms with Gasteiger partial charge in [0.25, 0.3) is 0 Å². The van der Waals surface area contributed by atoms with Gasteiger partial charge in [0.1, 0.15) is 0 Å². The van der Waals surface area contributed by atoms with Crippen molar-refractivity contribution in [3.05, 3.63) is 60.2 Å². The Kier molecular flexibility index (Phi) is 5.50. The van der Waals surface area contributed by atoms with E-state index < -0.39 is 25.9 Å². The molecule has 27 heavy (non-hydrogen) atoms. The van der Waals surface area contributed by atoms with Crippen LogP contribution in [0.1, 0.15) is 30.1 Å². The van der Waals surface area contributed by atoms with Crippen LogP contribution in [0.2, 0.25) is 0 Å². The number of hydrogen-bond donors (Lipinski definition) is 0. The van der Waals surface area contributed by atoms with Crippen molar-refractivity contribution < 1.29 is 21.6 Å². The molecular weight excluding hydrogens is 386 g/mol. The summed E-state index contributed by atoms with van der Waals surface area (Å²) >= 11 is 0. The second-order valence-electron chi connectivity index (χ2n) is 6.59. The van der Waals surface area contributed by atoms with Gasteiger partial charge in [-0.1, -0.05) is 30.3 Å². The average molecular weight is 408 g/mol. The van der Waals surface area contributed by atoms with Crippen molar-refractivity contribution >= 4 is 25.6 Å². The van der Waals surface area contributed by atoms with E-state index in [0.717, 1.165) is 0 Å². The maximum atomic E-state index is 13.1. The smallest absolute Gasteiger partial charge is 0.243 e. The maximum Gasteiger partial charge on any atom is 0.243 e. The van der Waals surface area contributed by atoms with Crippen molar-refractivity contribution in [3.8, 4) is 0 Å². The van der Waals surface area contributed by atoms with Crippen molar-refractivity contribution in [2.75, 3.05) is 12.3 Å². The molecule has 1 aliphatic rings. The largest absolute Gasteiger partial charge is 0.295 e. The highest BCUT2D eigenvalue weighted by Crippen LogP contribution is 2.28. The summed E-state index contributed by atoms with van der Waals surface area (Å²) in [5.41, 5.74) is 0.309. The molecule has 1 aliphatic heterocycles. The molecule has 2 aromatic rings. The number of sulfone groups is 1. The Morgan fingerprint density at radius 1 is 1.00 bits per heavy atom. The van der Waals surface area contributed by atoms with Crippen molar-refractivity contribution in [1.29, 1.82) is 0 Å². The first-order valence-electron chi connectivity index (χ1n) is 8.62. The Morgan fingerprint density at radius 3 is 2.33 bits per heavy atom. The lowest BCUT2D eigenvalue weighted by Crippen LogP contribution is -2.39. The third-order valence-corrected chi connectivity index (χ3v) is 8.45.